The van der Waals surface area contributed by atoms with E-state index in [1.165, 1.54) is 11.0 Å². The summed E-state index contributed by atoms with van der Waals surface area (Å²) in [7, 11) is 0. The first-order chi connectivity index (χ1) is 13.1. The third-order valence-corrected chi connectivity index (χ3v) is 3.62. The van der Waals surface area contributed by atoms with Gasteiger partial charge in [0, 0.05) is 0 Å². The van der Waals surface area contributed by atoms with Crippen molar-refractivity contribution < 1.29 is 23.9 Å². The summed E-state index contributed by atoms with van der Waals surface area (Å²) >= 11 is 0. The number of esters is 2. The molecule has 2 N–H and O–H groups in total. The number of ether oxygens (including phenoxy) is 2. The molecule has 0 fully saturated rings. The van der Waals surface area contributed by atoms with E-state index >= 15 is 0 Å². The van der Waals surface area contributed by atoms with E-state index in [9.17, 15) is 14.4 Å². The van der Waals surface area contributed by atoms with E-state index in [1.54, 1.807) is 31.2 Å². The maximum Gasteiger partial charge on any atom is 0.338 e. The molecule has 0 spiro atoms. The van der Waals surface area contributed by atoms with Crippen LogP contribution < -0.4 is 10.6 Å². The Bertz CT molecular complexity index is 892. The molecule has 1 aliphatic heterocycles. The summed E-state index contributed by atoms with van der Waals surface area (Å²) in [4.78, 5) is 35.8. The molecule has 1 aromatic heterocycles. The summed E-state index contributed by atoms with van der Waals surface area (Å²) in [6.07, 6.45) is 1.39. The number of carbonyl (C=O) groups is 3. The zero-order chi connectivity index (χ0) is 19.2. The van der Waals surface area contributed by atoms with Gasteiger partial charge in [-0.1, -0.05) is 6.07 Å². The Morgan fingerprint density at radius 2 is 2.11 bits per heavy atom. The quantitative estimate of drug-likeness (QED) is 0.673. The topological polar surface area (TPSA) is 137 Å². The van der Waals surface area contributed by atoms with Gasteiger partial charge in [-0.05, 0) is 35.5 Å². The summed E-state index contributed by atoms with van der Waals surface area (Å²) in [6, 6.07) is 6.01. The first-order valence-corrected chi connectivity index (χ1v) is 8.03. The number of hydrogen-bond acceptors (Lipinski definition) is 8. The van der Waals surface area contributed by atoms with Crippen LogP contribution in [-0.2, 0) is 14.3 Å². The van der Waals surface area contributed by atoms with Crippen molar-refractivity contribution in [2.45, 2.75) is 6.92 Å². The maximum absolute atomic E-state index is 12.3. The number of aromatic nitrogens is 4. The van der Waals surface area contributed by atoms with Crippen LogP contribution in [0, 0.1) is 0 Å². The van der Waals surface area contributed by atoms with E-state index in [1.807, 2.05) is 0 Å². The van der Waals surface area contributed by atoms with E-state index in [0.29, 0.717) is 5.69 Å². The molecule has 27 heavy (non-hydrogen) atoms. The highest BCUT2D eigenvalue weighted by Gasteiger charge is 2.24. The molecule has 0 saturated heterocycles. The minimum absolute atomic E-state index is 0.00760. The van der Waals surface area contributed by atoms with Crippen LogP contribution in [0.3, 0.4) is 0 Å². The van der Waals surface area contributed by atoms with Crippen molar-refractivity contribution >= 4 is 18.0 Å². The first-order valence-electron chi connectivity index (χ1n) is 8.03. The van der Waals surface area contributed by atoms with Gasteiger partial charge >= 0.3 is 18.0 Å². The highest BCUT2D eigenvalue weighted by molar-refractivity contribution is 5.94. The van der Waals surface area contributed by atoms with Crippen LogP contribution >= 0.6 is 0 Å². The van der Waals surface area contributed by atoms with Gasteiger partial charge in [0.1, 0.15) is 12.9 Å². The van der Waals surface area contributed by atoms with Gasteiger partial charge in [-0.15, -0.1) is 5.10 Å². The van der Waals surface area contributed by atoms with Gasteiger partial charge in [0.15, 0.2) is 0 Å². The molecular weight excluding hydrogens is 356 g/mol. The molecule has 0 radical (unpaired) electrons. The summed E-state index contributed by atoms with van der Waals surface area (Å²) in [6.45, 7) is 1.57. The second-order valence-corrected chi connectivity index (χ2v) is 5.37. The molecule has 140 valence electrons. The Labute approximate surface area is 153 Å². The highest BCUT2D eigenvalue weighted by Crippen LogP contribution is 2.12. The largest absolute Gasteiger partial charge is 0.463 e. The number of rotatable bonds is 6. The number of nitrogens with zero attached hydrogens (tertiary/aromatic N) is 4. The summed E-state index contributed by atoms with van der Waals surface area (Å²) < 4.78 is 11.6. The smallest absolute Gasteiger partial charge is 0.338 e. The van der Waals surface area contributed by atoms with Crippen molar-refractivity contribution in [2.24, 2.45) is 0 Å². The summed E-state index contributed by atoms with van der Waals surface area (Å²) in [5.41, 5.74) is 1.23. The standard InChI is InChI=1S/C16H16N6O5/c1-2-26-15(24)12-7-17-16(25)19-13(12)8-27-14(23)10-4-3-5-11(6-10)22-9-18-20-21-22/h3-6,9H,2,7-8H2,1H3,(H2,17,19,25). The number of nitrogens with one attached hydrogen (secondary N) is 2. The lowest BCUT2D eigenvalue weighted by Crippen LogP contribution is -2.45. The number of amides is 2. The molecule has 3 rings (SSSR count). The lowest BCUT2D eigenvalue weighted by Gasteiger charge is -2.21. The van der Waals surface area contributed by atoms with Crippen molar-refractivity contribution in [1.82, 2.24) is 30.8 Å². The van der Waals surface area contributed by atoms with Crippen LogP contribution in [0.25, 0.3) is 5.69 Å². The molecule has 1 aromatic carbocycles. The SMILES string of the molecule is CCOC(=O)C1=C(COC(=O)c2cccc(-n3cnnn3)c2)NC(=O)NC1. The van der Waals surface area contributed by atoms with E-state index in [-0.39, 0.29) is 36.6 Å². The van der Waals surface area contributed by atoms with Crippen molar-refractivity contribution in [2.75, 3.05) is 19.8 Å². The molecular formula is C16H16N6O5. The van der Waals surface area contributed by atoms with Gasteiger partial charge in [-0.3, -0.25) is 0 Å². The minimum atomic E-state index is -0.631. The molecule has 11 nitrogen and oxygen atoms in total. The fourth-order valence-corrected chi connectivity index (χ4v) is 2.34. The van der Waals surface area contributed by atoms with E-state index in [4.69, 9.17) is 9.47 Å². The van der Waals surface area contributed by atoms with Crippen LogP contribution in [0.5, 0.6) is 0 Å². The van der Waals surface area contributed by atoms with Gasteiger partial charge in [-0.25, -0.2) is 19.1 Å². The lowest BCUT2D eigenvalue weighted by molar-refractivity contribution is -0.138. The molecule has 2 amide bonds. The van der Waals surface area contributed by atoms with Gasteiger partial charge in [0.2, 0.25) is 0 Å². The van der Waals surface area contributed by atoms with Crippen molar-refractivity contribution in [3.8, 4) is 5.69 Å². The lowest BCUT2D eigenvalue weighted by atomic mass is 10.1. The van der Waals surface area contributed by atoms with Gasteiger partial charge in [-0.2, -0.15) is 0 Å². The summed E-state index contributed by atoms with van der Waals surface area (Å²) in [5.74, 6) is -1.22. The van der Waals surface area contributed by atoms with Gasteiger partial charge < -0.3 is 20.1 Å². The Hall–Kier alpha value is -3.76. The van der Waals surface area contributed by atoms with E-state index < -0.39 is 18.0 Å². The average Bonchev–Trinajstić information content (AvgIpc) is 3.21. The Morgan fingerprint density at radius 1 is 1.26 bits per heavy atom. The van der Waals surface area contributed by atoms with Crippen molar-refractivity contribution in [1.29, 1.82) is 0 Å². The molecule has 11 heteroatoms. The third kappa shape index (κ3) is 4.26. The fraction of sp³-hybridized carbons (Fsp3) is 0.250. The zero-order valence-electron chi connectivity index (χ0n) is 14.3. The van der Waals surface area contributed by atoms with E-state index in [0.717, 1.165) is 0 Å². The Balaban J connectivity index is 1.73. The van der Waals surface area contributed by atoms with E-state index in [2.05, 4.69) is 26.2 Å². The summed E-state index contributed by atoms with van der Waals surface area (Å²) in [5, 5.41) is 15.8. The van der Waals surface area contributed by atoms with Crippen LogP contribution in [0.2, 0.25) is 0 Å². The van der Waals surface area contributed by atoms with Crippen molar-refractivity contribution in [3.05, 3.63) is 47.4 Å². The maximum atomic E-state index is 12.3. The normalized spacial score (nSPS) is 13.6. The number of carbonyl (C=O) groups excluding carboxylic acids is 3. The molecule has 0 saturated carbocycles. The number of benzene rings is 1. The van der Waals surface area contributed by atoms with Crippen LogP contribution in [0.15, 0.2) is 41.9 Å². The fourth-order valence-electron chi connectivity index (χ4n) is 2.34. The highest BCUT2D eigenvalue weighted by atomic mass is 16.5. The molecule has 0 atom stereocenters. The second-order valence-electron chi connectivity index (χ2n) is 5.37. The van der Waals surface area contributed by atoms with Crippen LogP contribution in [0.4, 0.5) is 4.79 Å². The second kappa shape index (κ2) is 8.08. The molecule has 0 bridgehead atoms. The number of urea groups is 1. The zero-order valence-corrected chi connectivity index (χ0v) is 14.3. The minimum Gasteiger partial charge on any atom is -0.463 e. The predicted molar refractivity (Wildman–Crippen MR) is 89.6 cm³/mol. The van der Waals surface area contributed by atoms with Crippen LogP contribution in [0.1, 0.15) is 17.3 Å². The van der Waals surface area contributed by atoms with Gasteiger partial charge in [0.25, 0.3) is 0 Å². The molecule has 0 aliphatic carbocycles. The first kappa shape index (κ1) is 18.0. The monoisotopic (exact) mass is 372 g/mol. The predicted octanol–water partition coefficient (Wildman–Crippen LogP) is -0.0509. The molecule has 0 unspecified atom stereocenters. The molecule has 2 heterocycles. The Morgan fingerprint density at radius 3 is 2.85 bits per heavy atom. The number of tetrazole rings is 1. The average molecular weight is 372 g/mol. The Kier molecular flexibility index (Phi) is 5.40. The van der Waals surface area contributed by atoms with Crippen LogP contribution in [-0.4, -0.2) is 57.9 Å². The van der Waals surface area contributed by atoms with Gasteiger partial charge in [0.05, 0.1) is 35.7 Å². The molecule has 2 aromatic rings. The third-order valence-electron chi connectivity index (χ3n) is 3.62. The number of hydrogen-bond donors (Lipinski definition) is 2. The van der Waals surface area contributed by atoms with Crippen molar-refractivity contribution in [3.63, 3.8) is 0 Å². The molecule has 1 aliphatic rings.